The van der Waals surface area contributed by atoms with Gasteiger partial charge in [0.2, 0.25) is 22.4 Å². The third-order valence-corrected chi connectivity index (χ3v) is 10.4. The fourth-order valence-electron chi connectivity index (χ4n) is 7.43. The smallest absolute Gasteiger partial charge is 0.207 e. The third-order valence-electron chi connectivity index (χ3n) is 10.4. The quantitative estimate of drug-likeness (QED) is 0.155. The summed E-state index contributed by atoms with van der Waals surface area (Å²) in [6.07, 6.45) is 1.48. The molecule has 0 N–H and O–H groups in total. The summed E-state index contributed by atoms with van der Waals surface area (Å²) < 4.78 is 35.5. The van der Waals surface area contributed by atoms with Crippen LogP contribution in [0.5, 0.6) is 0 Å². The van der Waals surface area contributed by atoms with Crippen LogP contribution in [0.4, 0.5) is 8.78 Å². The zero-order valence-electron chi connectivity index (χ0n) is 29.2. The zero-order valence-corrected chi connectivity index (χ0v) is 29.2. The van der Waals surface area contributed by atoms with Crippen molar-refractivity contribution in [1.82, 2.24) is 0 Å². The van der Waals surface area contributed by atoms with Crippen LogP contribution in [0.3, 0.4) is 0 Å². The maximum atomic E-state index is 15.6. The Kier molecular flexibility index (Phi) is 8.74. The number of benzene rings is 4. The van der Waals surface area contributed by atoms with Crippen LogP contribution in [0.1, 0.15) is 77.5 Å². The van der Waals surface area contributed by atoms with E-state index < -0.39 is 0 Å². The van der Waals surface area contributed by atoms with Crippen LogP contribution in [0.2, 0.25) is 0 Å². The first-order valence-electron chi connectivity index (χ1n) is 16.7. The lowest BCUT2D eigenvalue weighted by Gasteiger charge is -2.19. The van der Waals surface area contributed by atoms with Crippen LogP contribution in [0.15, 0.2) is 78.9 Å². The number of hydrogen-bond acceptors (Lipinski definition) is 0. The molecule has 2 aromatic heterocycles. The summed E-state index contributed by atoms with van der Waals surface area (Å²) in [7, 11) is 4.13. The van der Waals surface area contributed by atoms with Gasteiger partial charge in [0.15, 0.2) is 0 Å². The van der Waals surface area contributed by atoms with E-state index in [2.05, 4.69) is 120 Å². The summed E-state index contributed by atoms with van der Waals surface area (Å²) in [6, 6.07) is 26.4. The molecule has 0 bridgehead atoms. The summed E-state index contributed by atoms with van der Waals surface area (Å²) in [5.74, 6) is -0.435. The molecule has 0 amide bonds. The maximum Gasteiger partial charge on any atom is 0.213 e. The number of pyridine rings is 2. The Bertz CT molecular complexity index is 2180. The number of halogens is 2. The number of nitrogens with zero attached hydrogens (tertiary/aromatic N) is 2. The number of rotatable bonds is 7. The summed E-state index contributed by atoms with van der Waals surface area (Å²) in [4.78, 5) is 0. The molecule has 6 rings (SSSR count). The second-order valence-corrected chi connectivity index (χ2v) is 13.8. The van der Waals surface area contributed by atoms with Gasteiger partial charge in [-0.15, -0.1) is 0 Å². The number of aromatic nitrogens is 2. The Morgan fingerprint density at radius 2 is 1.23 bits per heavy atom. The monoisotopic (exact) mass is 628 g/mol. The van der Waals surface area contributed by atoms with E-state index in [9.17, 15) is 0 Å². The van der Waals surface area contributed by atoms with Gasteiger partial charge >= 0.3 is 0 Å². The Morgan fingerprint density at radius 1 is 0.574 bits per heavy atom. The normalized spacial score (nSPS) is 13.0. The molecule has 47 heavy (non-hydrogen) atoms. The largest absolute Gasteiger partial charge is 0.213 e. The Hall–Kier alpha value is -4.44. The van der Waals surface area contributed by atoms with E-state index in [0.717, 1.165) is 51.6 Å². The standard InChI is InChI=1S/C43H46F2N2/c1-25-10-11-28(4)35(21-25)40-17-14-32-23-38(45)34(24-42(32)47(40)9)27(3)12-13-29(5)43-33-15-18-41(46(8)39(33)19-16-37(43)44)36-22-26(2)20-30(6)31(36)7/h10-11,14-24,27,29H,12-13H2,1-9H3/q+2. The first kappa shape index (κ1) is 32.5. The molecule has 2 unspecified atom stereocenters. The van der Waals surface area contributed by atoms with Crippen molar-refractivity contribution in [1.29, 1.82) is 0 Å². The average molecular weight is 629 g/mol. The molecule has 0 saturated heterocycles. The molecule has 0 saturated carbocycles. The lowest BCUT2D eigenvalue weighted by molar-refractivity contribution is -0.633. The molecular formula is C43H46F2N2+2. The van der Waals surface area contributed by atoms with Gasteiger partial charge in [-0.2, -0.15) is 9.13 Å². The summed E-state index contributed by atoms with van der Waals surface area (Å²) in [6.45, 7) is 14.9. The fraction of sp³-hybridized carbons (Fsp3) is 0.302. The highest BCUT2D eigenvalue weighted by Crippen LogP contribution is 2.36. The first-order valence-corrected chi connectivity index (χ1v) is 16.7. The molecule has 4 aromatic carbocycles. The Morgan fingerprint density at radius 3 is 2.00 bits per heavy atom. The van der Waals surface area contributed by atoms with Gasteiger partial charge in [0.1, 0.15) is 25.7 Å². The number of hydrogen-bond donors (Lipinski definition) is 0. The van der Waals surface area contributed by atoms with E-state index in [4.69, 9.17) is 0 Å². The van der Waals surface area contributed by atoms with Crippen molar-refractivity contribution in [3.8, 4) is 22.5 Å². The van der Waals surface area contributed by atoms with E-state index >= 15 is 8.78 Å². The van der Waals surface area contributed by atoms with Gasteiger partial charge in [0.05, 0.1) is 5.39 Å². The molecule has 0 spiro atoms. The van der Waals surface area contributed by atoms with E-state index in [1.54, 1.807) is 12.1 Å². The highest BCUT2D eigenvalue weighted by molar-refractivity contribution is 5.83. The zero-order chi connectivity index (χ0) is 33.7. The fourth-order valence-corrected chi connectivity index (χ4v) is 7.43. The molecule has 0 radical (unpaired) electrons. The molecule has 240 valence electrons. The summed E-state index contributed by atoms with van der Waals surface area (Å²) >= 11 is 0. The number of aryl methyl sites for hydroxylation is 6. The predicted molar refractivity (Wildman–Crippen MR) is 191 cm³/mol. The van der Waals surface area contributed by atoms with Crippen molar-refractivity contribution in [2.45, 2.75) is 73.1 Å². The molecule has 2 atom stereocenters. The van der Waals surface area contributed by atoms with Crippen molar-refractivity contribution in [2.75, 3.05) is 0 Å². The predicted octanol–water partition coefficient (Wildman–Crippen LogP) is 10.5. The van der Waals surface area contributed by atoms with Crippen LogP contribution >= 0.6 is 0 Å². The van der Waals surface area contributed by atoms with Gasteiger partial charge < -0.3 is 0 Å². The second-order valence-electron chi connectivity index (χ2n) is 13.8. The molecule has 0 aliphatic carbocycles. The SMILES string of the molecule is Cc1ccc(C)c(-c2ccc3cc(F)c(C(C)CCC(C)c4c(F)ccc5c4ccc(-c4cc(C)cc(C)c4C)[n+]5C)cc3[n+]2C)c1. The van der Waals surface area contributed by atoms with Crippen LogP contribution in [0, 0.1) is 46.3 Å². The third kappa shape index (κ3) is 5.95. The second kappa shape index (κ2) is 12.6. The van der Waals surface area contributed by atoms with Gasteiger partial charge in [-0.25, -0.2) is 8.78 Å². The van der Waals surface area contributed by atoms with Crippen LogP contribution in [-0.2, 0) is 14.1 Å². The van der Waals surface area contributed by atoms with E-state index in [0.29, 0.717) is 5.56 Å². The minimum absolute atomic E-state index is 0.0282. The van der Waals surface area contributed by atoms with Crippen molar-refractivity contribution in [3.05, 3.63) is 129 Å². The molecule has 2 nitrogen and oxygen atoms in total. The van der Waals surface area contributed by atoms with Crippen molar-refractivity contribution >= 4 is 21.8 Å². The first-order chi connectivity index (χ1) is 22.3. The average Bonchev–Trinajstić information content (AvgIpc) is 3.03. The van der Waals surface area contributed by atoms with Gasteiger partial charge in [0.25, 0.3) is 0 Å². The van der Waals surface area contributed by atoms with Crippen LogP contribution in [0.25, 0.3) is 44.3 Å². The lowest BCUT2D eigenvalue weighted by Crippen LogP contribution is -2.32. The highest BCUT2D eigenvalue weighted by Gasteiger charge is 2.25. The molecule has 6 aromatic rings. The molecule has 2 heterocycles. The lowest BCUT2D eigenvalue weighted by atomic mass is 9.86. The van der Waals surface area contributed by atoms with Crippen molar-refractivity contribution < 1.29 is 17.9 Å². The minimum atomic E-state index is -0.185. The van der Waals surface area contributed by atoms with E-state index in [1.807, 2.05) is 18.2 Å². The van der Waals surface area contributed by atoms with E-state index in [-0.39, 0.29) is 23.5 Å². The van der Waals surface area contributed by atoms with Crippen LogP contribution in [-0.4, -0.2) is 0 Å². The molecule has 0 aliphatic rings. The number of fused-ring (bicyclic) bond motifs is 2. The summed E-state index contributed by atoms with van der Waals surface area (Å²) in [5.41, 5.74) is 14.2. The van der Waals surface area contributed by atoms with Gasteiger partial charge in [-0.1, -0.05) is 43.2 Å². The molecule has 4 heteroatoms. The molecular weight excluding hydrogens is 582 g/mol. The maximum absolute atomic E-state index is 15.6. The topological polar surface area (TPSA) is 7.76 Å². The van der Waals surface area contributed by atoms with Gasteiger partial charge in [-0.05, 0) is 118 Å². The van der Waals surface area contributed by atoms with E-state index in [1.165, 1.54) is 38.9 Å². The van der Waals surface area contributed by atoms with Crippen molar-refractivity contribution in [3.63, 3.8) is 0 Å². The van der Waals surface area contributed by atoms with Crippen molar-refractivity contribution in [2.24, 2.45) is 14.1 Å². The van der Waals surface area contributed by atoms with Gasteiger partial charge in [-0.3, -0.25) is 0 Å². The minimum Gasteiger partial charge on any atom is -0.207 e. The highest BCUT2D eigenvalue weighted by atomic mass is 19.1. The van der Waals surface area contributed by atoms with Gasteiger partial charge in [0, 0.05) is 46.3 Å². The van der Waals surface area contributed by atoms with Crippen LogP contribution < -0.4 is 9.13 Å². The Balaban J connectivity index is 1.30. The molecule has 0 aliphatic heterocycles. The Labute approximate surface area is 278 Å². The molecule has 0 fully saturated rings. The summed E-state index contributed by atoms with van der Waals surface area (Å²) in [5, 5.41) is 1.81.